The maximum atomic E-state index is 13.2. The first-order chi connectivity index (χ1) is 10.8. The zero-order chi connectivity index (χ0) is 17.1. The molecule has 1 unspecified atom stereocenters. The van der Waals surface area contributed by atoms with Crippen LogP contribution in [0.25, 0.3) is 0 Å². The number of rotatable bonds is 5. The highest BCUT2D eigenvalue weighted by atomic mass is 35.5. The largest absolute Gasteiger partial charge is 0.331 e. The molecule has 1 aliphatic heterocycles. The minimum absolute atomic E-state index is 0. The Morgan fingerprint density at radius 1 is 1.29 bits per heavy atom. The van der Waals surface area contributed by atoms with Gasteiger partial charge >= 0.3 is 6.03 Å². The monoisotopic (exact) mass is 357 g/mol. The molecular weight excluding hydrogens is 337 g/mol. The van der Waals surface area contributed by atoms with Crippen LogP contribution in [-0.4, -0.2) is 28.8 Å². The van der Waals surface area contributed by atoms with Crippen molar-refractivity contribution in [1.82, 2.24) is 10.2 Å². The topological polar surface area (TPSA) is 92.5 Å². The molecular formula is C16H21ClFN3O3. The summed E-state index contributed by atoms with van der Waals surface area (Å²) in [6, 6.07) is 4.38. The molecule has 1 heterocycles. The maximum Gasteiger partial charge on any atom is 0.331 e. The number of carbonyl (C=O) groups is 3. The molecule has 4 amide bonds. The first-order valence-electron chi connectivity index (χ1n) is 7.50. The Hall–Kier alpha value is -1.99. The molecule has 24 heavy (non-hydrogen) atoms. The molecule has 2 rings (SSSR count). The van der Waals surface area contributed by atoms with E-state index in [1.807, 2.05) is 0 Å². The van der Waals surface area contributed by atoms with E-state index in [9.17, 15) is 18.8 Å². The summed E-state index contributed by atoms with van der Waals surface area (Å²) in [7, 11) is 0. The number of imide groups is 2. The molecule has 1 aromatic carbocycles. The van der Waals surface area contributed by atoms with Crippen LogP contribution in [0.1, 0.15) is 38.3 Å². The molecule has 132 valence electrons. The fourth-order valence-corrected chi connectivity index (χ4v) is 2.63. The van der Waals surface area contributed by atoms with Crippen LogP contribution in [0.4, 0.5) is 9.18 Å². The number of nitrogens with zero attached hydrogens (tertiary/aromatic N) is 1. The summed E-state index contributed by atoms with van der Waals surface area (Å²) in [6.07, 6.45) is 0.520. The molecule has 1 aromatic rings. The van der Waals surface area contributed by atoms with Crippen molar-refractivity contribution < 1.29 is 18.8 Å². The van der Waals surface area contributed by atoms with Crippen molar-refractivity contribution >= 4 is 30.3 Å². The summed E-state index contributed by atoms with van der Waals surface area (Å²) < 4.78 is 13.2. The zero-order valence-corrected chi connectivity index (χ0v) is 14.3. The number of barbiturate groups is 1. The molecule has 0 spiro atoms. The van der Waals surface area contributed by atoms with Crippen molar-refractivity contribution in [3.8, 4) is 0 Å². The molecule has 6 nitrogen and oxygen atoms in total. The second kappa shape index (κ2) is 8.21. The fourth-order valence-electron chi connectivity index (χ4n) is 2.63. The fraction of sp³-hybridized carbons (Fsp3) is 0.438. The van der Waals surface area contributed by atoms with Gasteiger partial charge in [-0.1, -0.05) is 12.1 Å². The van der Waals surface area contributed by atoms with Gasteiger partial charge in [0.1, 0.15) is 11.7 Å². The van der Waals surface area contributed by atoms with Crippen LogP contribution in [-0.2, 0) is 9.59 Å². The highest BCUT2D eigenvalue weighted by Crippen LogP contribution is 2.23. The van der Waals surface area contributed by atoms with E-state index >= 15 is 0 Å². The SMILES string of the molecule is CC(C)N1C(=O)NC(=O)C(CC[C@@H](N)c2cccc(F)c2)C1=O.Cl. The number of hydrogen-bond acceptors (Lipinski definition) is 4. The lowest BCUT2D eigenvalue weighted by Crippen LogP contribution is -2.59. The van der Waals surface area contributed by atoms with Gasteiger partial charge in [-0.15, -0.1) is 12.4 Å². The minimum Gasteiger partial charge on any atom is -0.324 e. The van der Waals surface area contributed by atoms with Crippen molar-refractivity contribution in [2.75, 3.05) is 0 Å². The molecule has 1 aliphatic rings. The summed E-state index contributed by atoms with van der Waals surface area (Å²) in [4.78, 5) is 37.0. The molecule has 2 atom stereocenters. The smallest absolute Gasteiger partial charge is 0.324 e. The van der Waals surface area contributed by atoms with Crippen LogP contribution in [0.15, 0.2) is 24.3 Å². The summed E-state index contributed by atoms with van der Waals surface area (Å²) >= 11 is 0. The summed E-state index contributed by atoms with van der Waals surface area (Å²) in [6.45, 7) is 3.39. The number of benzene rings is 1. The quantitative estimate of drug-likeness (QED) is 0.789. The second-order valence-corrected chi connectivity index (χ2v) is 5.89. The number of amides is 4. The number of nitrogens with one attached hydrogen (secondary N) is 1. The van der Waals surface area contributed by atoms with Crippen LogP contribution < -0.4 is 11.1 Å². The lowest BCUT2D eigenvalue weighted by Gasteiger charge is -2.33. The zero-order valence-electron chi connectivity index (χ0n) is 13.5. The molecule has 3 N–H and O–H groups in total. The van der Waals surface area contributed by atoms with E-state index in [0.717, 1.165) is 4.90 Å². The third kappa shape index (κ3) is 4.30. The van der Waals surface area contributed by atoms with Gasteiger partial charge in [0, 0.05) is 12.1 Å². The summed E-state index contributed by atoms with van der Waals surface area (Å²) in [5.74, 6) is -2.46. The Morgan fingerprint density at radius 2 is 1.96 bits per heavy atom. The van der Waals surface area contributed by atoms with Gasteiger partial charge in [-0.3, -0.25) is 19.8 Å². The van der Waals surface area contributed by atoms with Crippen LogP contribution in [0.5, 0.6) is 0 Å². The van der Waals surface area contributed by atoms with Crippen molar-refractivity contribution in [3.63, 3.8) is 0 Å². The van der Waals surface area contributed by atoms with Crippen LogP contribution in [0.3, 0.4) is 0 Å². The normalized spacial score (nSPS) is 19.1. The lowest BCUT2D eigenvalue weighted by atomic mass is 9.93. The molecule has 0 saturated carbocycles. The lowest BCUT2D eigenvalue weighted by molar-refractivity contribution is -0.144. The van der Waals surface area contributed by atoms with Crippen molar-refractivity contribution in [2.45, 2.75) is 38.8 Å². The standard InChI is InChI=1S/C16H20FN3O3.ClH/c1-9(2)20-15(22)12(14(21)19-16(20)23)6-7-13(18)10-4-3-5-11(17)8-10;/h3-5,8-9,12-13H,6-7,18H2,1-2H3,(H,19,21,23);1H/t12?,13-;/m1./s1. The van der Waals surface area contributed by atoms with Crippen molar-refractivity contribution in [2.24, 2.45) is 11.7 Å². The molecule has 1 saturated heterocycles. The first kappa shape index (κ1) is 20.1. The number of urea groups is 1. The van der Waals surface area contributed by atoms with Crippen LogP contribution >= 0.6 is 12.4 Å². The van der Waals surface area contributed by atoms with E-state index in [1.165, 1.54) is 12.1 Å². The predicted molar refractivity (Wildman–Crippen MR) is 88.8 cm³/mol. The average molecular weight is 358 g/mol. The maximum absolute atomic E-state index is 13.2. The Balaban J connectivity index is 0.00000288. The van der Waals surface area contributed by atoms with Gasteiger partial charge in [-0.05, 0) is 44.4 Å². The van der Waals surface area contributed by atoms with Crippen molar-refractivity contribution in [1.29, 1.82) is 0 Å². The third-order valence-electron chi connectivity index (χ3n) is 3.86. The Labute approximate surface area is 146 Å². The first-order valence-corrected chi connectivity index (χ1v) is 7.50. The molecule has 1 fully saturated rings. The second-order valence-electron chi connectivity index (χ2n) is 5.89. The Bertz CT molecular complexity index is 639. The molecule has 0 bridgehead atoms. The van der Waals surface area contributed by atoms with E-state index in [-0.39, 0.29) is 30.7 Å². The molecule has 0 aromatic heterocycles. The van der Waals surface area contributed by atoms with E-state index in [0.29, 0.717) is 12.0 Å². The molecule has 0 radical (unpaired) electrons. The number of hydrogen-bond donors (Lipinski definition) is 2. The van der Waals surface area contributed by atoms with Gasteiger partial charge in [-0.2, -0.15) is 0 Å². The predicted octanol–water partition coefficient (Wildman–Crippen LogP) is 2.13. The molecule has 8 heteroatoms. The van der Waals surface area contributed by atoms with Gasteiger partial charge in [0.25, 0.3) is 0 Å². The average Bonchev–Trinajstić information content (AvgIpc) is 2.45. The van der Waals surface area contributed by atoms with Crippen molar-refractivity contribution in [3.05, 3.63) is 35.6 Å². The summed E-state index contributed by atoms with van der Waals surface area (Å²) in [5, 5.41) is 2.19. The molecule has 0 aliphatic carbocycles. The van der Waals surface area contributed by atoms with Gasteiger partial charge in [0.05, 0.1) is 0 Å². The highest BCUT2D eigenvalue weighted by molar-refractivity contribution is 6.16. The van der Waals surface area contributed by atoms with E-state index < -0.39 is 29.8 Å². The van der Waals surface area contributed by atoms with Crippen LogP contribution in [0.2, 0.25) is 0 Å². The van der Waals surface area contributed by atoms with Gasteiger partial charge < -0.3 is 5.73 Å². The minimum atomic E-state index is -0.949. The van der Waals surface area contributed by atoms with E-state index in [2.05, 4.69) is 5.32 Å². The van der Waals surface area contributed by atoms with Gasteiger partial charge in [-0.25, -0.2) is 9.18 Å². The number of carbonyl (C=O) groups excluding carboxylic acids is 3. The summed E-state index contributed by atoms with van der Waals surface area (Å²) in [5.41, 5.74) is 6.61. The number of halogens is 2. The Morgan fingerprint density at radius 3 is 2.54 bits per heavy atom. The van der Waals surface area contributed by atoms with Crippen LogP contribution in [0, 0.1) is 11.7 Å². The van der Waals surface area contributed by atoms with E-state index in [4.69, 9.17) is 5.73 Å². The van der Waals surface area contributed by atoms with Gasteiger partial charge in [0.2, 0.25) is 11.8 Å². The Kier molecular flexibility index (Phi) is 6.86. The van der Waals surface area contributed by atoms with E-state index in [1.54, 1.807) is 26.0 Å². The van der Waals surface area contributed by atoms with Gasteiger partial charge in [0.15, 0.2) is 0 Å². The number of nitrogens with two attached hydrogens (primary N) is 1. The third-order valence-corrected chi connectivity index (χ3v) is 3.86. The highest BCUT2D eigenvalue weighted by Gasteiger charge is 2.41.